The van der Waals surface area contributed by atoms with Crippen LogP contribution in [0.4, 0.5) is 0 Å². The number of aliphatic carboxylic acids is 1. The van der Waals surface area contributed by atoms with Gasteiger partial charge in [-0.25, -0.2) is 0 Å². The second-order valence-corrected chi connectivity index (χ2v) is 3.66. The standard InChI is InChI=1S/C9H17NO2.ClH/c10-6-8(9(11)12)5-7-3-1-2-4-7;/h7-8H,1-6,10H2,(H,11,12);1H. The lowest BCUT2D eigenvalue weighted by atomic mass is 9.93. The van der Waals surface area contributed by atoms with Crippen LogP contribution < -0.4 is 5.73 Å². The summed E-state index contributed by atoms with van der Waals surface area (Å²) < 4.78 is 0. The van der Waals surface area contributed by atoms with Crippen LogP contribution in [0.5, 0.6) is 0 Å². The molecule has 1 fully saturated rings. The van der Waals surface area contributed by atoms with Crippen molar-refractivity contribution in [1.82, 2.24) is 0 Å². The molecule has 3 N–H and O–H groups in total. The van der Waals surface area contributed by atoms with Crippen LogP contribution in [0, 0.1) is 11.8 Å². The fourth-order valence-corrected chi connectivity index (χ4v) is 1.95. The maximum Gasteiger partial charge on any atom is 0.307 e. The first-order chi connectivity index (χ1) is 5.74. The van der Waals surface area contributed by atoms with Gasteiger partial charge in [-0.1, -0.05) is 25.7 Å². The molecule has 0 bridgehead atoms. The van der Waals surface area contributed by atoms with Crippen molar-refractivity contribution >= 4 is 18.4 Å². The maximum absolute atomic E-state index is 10.6. The third-order valence-electron chi connectivity index (χ3n) is 2.73. The van der Waals surface area contributed by atoms with Gasteiger partial charge in [0.05, 0.1) is 5.92 Å². The van der Waals surface area contributed by atoms with Gasteiger partial charge in [0, 0.05) is 6.54 Å². The number of carboxylic acids is 1. The summed E-state index contributed by atoms with van der Waals surface area (Å²) in [6.07, 6.45) is 5.71. The average molecular weight is 208 g/mol. The molecule has 1 unspecified atom stereocenters. The van der Waals surface area contributed by atoms with Gasteiger partial charge in [0.25, 0.3) is 0 Å². The van der Waals surface area contributed by atoms with E-state index >= 15 is 0 Å². The SMILES string of the molecule is Cl.NCC(CC1CCCC1)C(=O)O. The molecule has 13 heavy (non-hydrogen) atoms. The van der Waals surface area contributed by atoms with Gasteiger partial charge >= 0.3 is 5.97 Å². The van der Waals surface area contributed by atoms with Crippen LogP contribution in [0.3, 0.4) is 0 Å². The molecule has 0 spiro atoms. The first-order valence-electron chi connectivity index (χ1n) is 4.67. The molecule has 1 aliphatic carbocycles. The third kappa shape index (κ3) is 3.96. The molecule has 4 heteroatoms. The Morgan fingerprint density at radius 2 is 2.00 bits per heavy atom. The van der Waals surface area contributed by atoms with Gasteiger partial charge in [0.15, 0.2) is 0 Å². The van der Waals surface area contributed by atoms with Crippen molar-refractivity contribution in [1.29, 1.82) is 0 Å². The Balaban J connectivity index is 0.00000144. The average Bonchev–Trinajstić information content (AvgIpc) is 2.51. The number of nitrogens with two attached hydrogens (primary N) is 1. The van der Waals surface area contributed by atoms with Crippen LogP contribution in [-0.2, 0) is 4.79 Å². The molecule has 3 nitrogen and oxygen atoms in total. The summed E-state index contributed by atoms with van der Waals surface area (Å²) in [7, 11) is 0. The minimum Gasteiger partial charge on any atom is -0.481 e. The molecule has 1 saturated carbocycles. The Morgan fingerprint density at radius 3 is 2.38 bits per heavy atom. The van der Waals surface area contributed by atoms with Crippen LogP contribution in [-0.4, -0.2) is 17.6 Å². The molecule has 0 amide bonds. The third-order valence-corrected chi connectivity index (χ3v) is 2.73. The molecule has 1 rings (SSSR count). The smallest absolute Gasteiger partial charge is 0.307 e. The topological polar surface area (TPSA) is 63.3 Å². The quantitative estimate of drug-likeness (QED) is 0.737. The van der Waals surface area contributed by atoms with E-state index in [1.807, 2.05) is 0 Å². The lowest BCUT2D eigenvalue weighted by molar-refractivity contribution is -0.141. The molecule has 0 saturated heterocycles. The van der Waals surface area contributed by atoms with Crippen molar-refractivity contribution < 1.29 is 9.90 Å². The van der Waals surface area contributed by atoms with Gasteiger partial charge < -0.3 is 10.8 Å². The van der Waals surface area contributed by atoms with Gasteiger partial charge in [0.2, 0.25) is 0 Å². The van der Waals surface area contributed by atoms with Crippen LogP contribution in [0.1, 0.15) is 32.1 Å². The summed E-state index contributed by atoms with van der Waals surface area (Å²) in [5, 5.41) is 8.75. The highest BCUT2D eigenvalue weighted by Crippen LogP contribution is 2.30. The molecule has 78 valence electrons. The summed E-state index contributed by atoms with van der Waals surface area (Å²) in [6.45, 7) is 0.284. The first-order valence-corrected chi connectivity index (χ1v) is 4.67. The molecular formula is C9H18ClNO2. The Hall–Kier alpha value is -0.280. The second kappa shape index (κ2) is 6.22. The van der Waals surface area contributed by atoms with Crippen LogP contribution in [0.2, 0.25) is 0 Å². The minimum absolute atomic E-state index is 0. The van der Waals surface area contributed by atoms with Crippen molar-refractivity contribution in [2.75, 3.05) is 6.54 Å². The minimum atomic E-state index is -0.732. The highest BCUT2D eigenvalue weighted by Gasteiger charge is 2.23. The van der Waals surface area contributed by atoms with Crippen molar-refractivity contribution in [2.24, 2.45) is 17.6 Å². The summed E-state index contributed by atoms with van der Waals surface area (Å²) >= 11 is 0. The van der Waals surface area contributed by atoms with E-state index in [0.29, 0.717) is 5.92 Å². The molecular weight excluding hydrogens is 190 g/mol. The Kier molecular flexibility index (Phi) is 6.08. The molecule has 0 aromatic carbocycles. The number of carbonyl (C=O) groups is 1. The summed E-state index contributed by atoms with van der Waals surface area (Å²) in [5.41, 5.74) is 5.37. The fraction of sp³-hybridized carbons (Fsp3) is 0.889. The van der Waals surface area contributed by atoms with E-state index in [1.54, 1.807) is 0 Å². The van der Waals surface area contributed by atoms with Crippen molar-refractivity contribution in [3.05, 3.63) is 0 Å². The predicted octanol–water partition coefficient (Wildman–Crippen LogP) is 1.65. The lowest BCUT2D eigenvalue weighted by Gasteiger charge is -2.14. The van der Waals surface area contributed by atoms with E-state index in [9.17, 15) is 4.79 Å². The number of carboxylic acid groups (broad SMARTS) is 1. The maximum atomic E-state index is 10.6. The molecule has 1 aliphatic rings. The summed E-state index contributed by atoms with van der Waals surface area (Å²) in [6, 6.07) is 0. The molecule has 0 radical (unpaired) electrons. The van der Waals surface area contributed by atoms with E-state index in [4.69, 9.17) is 10.8 Å². The van der Waals surface area contributed by atoms with Crippen molar-refractivity contribution in [3.63, 3.8) is 0 Å². The number of hydrogen-bond acceptors (Lipinski definition) is 2. The van der Waals surface area contributed by atoms with E-state index in [2.05, 4.69) is 0 Å². The second-order valence-electron chi connectivity index (χ2n) is 3.66. The zero-order chi connectivity index (χ0) is 8.97. The molecule has 1 atom stereocenters. The summed E-state index contributed by atoms with van der Waals surface area (Å²) in [4.78, 5) is 10.6. The van der Waals surface area contributed by atoms with Gasteiger partial charge in [-0.15, -0.1) is 12.4 Å². The highest BCUT2D eigenvalue weighted by molar-refractivity contribution is 5.85. The number of rotatable bonds is 4. The lowest BCUT2D eigenvalue weighted by Crippen LogP contribution is -2.25. The van der Waals surface area contributed by atoms with Gasteiger partial charge in [-0.2, -0.15) is 0 Å². The Labute approximate surface area is 85.1 Å². The number of halogens is 1. The predicted molar refractivity (Wildman–Crippen MR) is 54.0 cm³/mol. The zero-order valence-electron chi connectivity index (χ0n) is 7.74. The number of hydrogen-bond donors (Lipinski definition) is 2. The van der Waals surface area contributed by atoms with Crippen LogP contribution in [0.15, 0.2) is 0 Å². The zero-order valence-corrected chi connectivity index (χ0v) is 8.55. The monoisotopic (exact) mass is 207 g/mol. The molecule has 0 aliphatic heterocycles. The van der Waals surface area contributed by atoms with Gasteiger partial charge in [0.1, 0.15) is 0 Å². The van der Waals surface area contributed by atoms with E-state index in [1.165, 1.54) is 25.7 Å². The van der Waals surface area contributed by atoms with Crippen molar-refractivity contribution in [2.45, 2.75) is 32.1 Å². The summed E-state index contributed by atoms with van der Waals surface area (Å²) in [5.74, 6) is -0.424. The van der Waals surface area contributed by atoms with Crippen LogP contribution in [0.25, 0.3) is 0 Å². The van der Waals surface area contributed by atoms with Crippen LogP contribution >= 0.6 is 12.4 Å². The molecule has 0 aromatic heterocycles. The van der Waals surface area contributed by atoms with E-state index < -0.39 is 5.97 Å². The highest BCUT2D eigenvalue weighted by atomic mass is 35.5. The first kappa shape index (κ1) is 12.7. The Morgan fingerprint density at radius 1 is 1.46 bits per heavy atom. The van der Waals surface area contributed by atoms with E-state index in [0.717, 1.165) is 6.42 Å². The fourth-order valence-electron chi connectivity index (χ4n) is 1.95. The largest absolute Gasteiger partial charge is 0.481 e. The Bertz CT molecular complexity index is 158. The van der Waals surface area contributed by atoms with Crippen molar-refractivity contribution in [3.8, 4) is 0 Å². The molecule has 0 heterocycles. The van der Waals surface area contributed by atoms with Gasteiger partial charge in [-0.3, -0.25) is 4.79 Å². The van der Waals surface area contributed by atoms with E-state index in [-0.39, 0.29) is 24.9 Å². The molecule has 0 aromatic rings. The normalized spacial score (nSPS) is 19.5. The van der Waals surface area contributed by atoms with Gasteiger partial charge in [-0.05, 0) is 12.3 Å².